The molecule has 1 aromatic heterocycles. The smallest absolute Gasteiger partial charge is 0.265 e. The maximum Gasteiger partial charge on any atom is 0.265 e. The molecule has 0 aliphatic heterocycles. The Bertz CT molecular complexity index is 460. The van der Waals surface area contributed by atoms with E-state index in [1.807, 2.05) is 0 Å². The van der Waals surface area contributed by atoms with Gasteiger partial charge in [-0.25, -0.2) is 4.68 Å². The Balaban J connectivity index is 0.000000980. The number of hydrogen-bond donors (Lipinski definition) is 1. The molecule has 0 aliphatic carbocycles. The highest BCUT2D eigenvalue weighted by Crippen LogP contribution is 2.08. The Hall–Kier alpha value is -1.26. The molecule has 0 spiro atoms. The fourth-order valence-corrected chi connectivity index (χ4v) is 1.09. The summed E-state index contributed by atoms with van der Waals surface area (Å²) < 4.78 is 6.07. The third-order valence-electron chi connectivity index (χ3n) is 1.56. The van der Waals surface area contributed by atoms with Gasteiger partial charge in [0, 0.05) is 17.2 Å². The Labute approximate surface area is 91.0 Å². The van der Waals surface area contributed by atoms with Gasteiger partial charge >= 0.3 is 0 Å². The zero-order valence-electron chi connectivity index (χ0n) is 6.98. The van der Waals surface area contributed by atoms with Crippen LogP contribution in [-0.2, 0) is 0 Å². The van der Waals surface area contributed by atoms with Crippen LogP contribution in [-0.4, -0.2) is 0 Å². The van der Waals surface area contributed by atoms with Crippen molar-refractivity contribution in [2.75, 3.05) is 0 Å². The molecule has 0 aliphatic rings. The largest absolute Gasteiger partial charge is 0.487 e. The van der Waals surface area contributed by atoms with E-state index in [4.69, 9.17) is 17.0 Å². The number of halogens is 2. The van der Waals surface area contributed by atoms with Crippen LogP contribution < -0.4 is 15.5 Å². The van der Waals surface area contributed by atoms with Crippen LogP contribution in [0.25, 0.3) is 5.69 Å². The Morgan fingerprint density at radius 1 is 1.29 bits per heavy atom. The van der Waals surface area contributed by atoms with Crippen LogP contribution in [0.15, 0.2) is 35.0 Å². The number of nitrogens with zero attached hydrogens (tertiary/aromatic N) is 2. The maximum absolute atomic E-state index is 7.13. The van der Waals surface area contributed by atoms with E-state index in [0.717, 1.165) is 5.69 Å². The SMILES string of the molecule is Cl.N=c1c[n+](-c2ccc(Cl)cc2)[n-]o1. The van der Waals surface area contributed by atoms with E-state index in [1.54, 1.807) is 24.3 Å². The van der Waals surface area contributed by atoms with Crippen molar-refractivity contribution < 1.29 is 9.20 Å². The average Bonchev–Trinajstić information content (AvgIpc) is 2.53. The number of hydrogen-bond acceptors (Lipinski definition) is 2. The first-order valence-electron chi connectivity index (χ1n) is 3.62. The van der Waals surface area contributed by atoms with Crippen LogP contribution in [0, 0.1) is 5.41 Å². The molecule has 6 heteroatoms. The molecule has 1 heterocycles. The standard InChI is InChI=1S/C8H6ClN3O.ClH/c9-6-1-3-7(4-2-6)12-5-8(10)13-11-12;/h1-5,10H;1H. The van der Waals surface area contributed by atoms with Gasteiger partial charge in [-0.1, -0.05) is 11.6 Å². The van der Waals surface area contributed by atoms with Crippen molar-refractivity contribution in [3.05, 3.63) is 41.0 Å². The average molecular weight is 232 g/mol. The van der Waals surface area contributed by atoms with E-state index >= 15 is 0 Å². The van der Waals surface area contributed by atoms with E-state index in [2.05, 4.69) is 9.79 Å². The molecule has 74 valence electrons. The van der Waals surface area contributed by atoms with E-state index in [-0.39, 0.29) is 18.0 Å². The van der Waals surface area contributed by atoms with Crippen LogP contribution in [0.3, 0.4) is 0 Å². The van der Waals surface area contributed by atoms with Gasteiger partial charge in [0.15, 0.2) is 0 Å². The van der Waals surface area contributed by atoms with Gasteiger partial charge in [0.1, 0.15) is 0 Å². The summed E-state index contributed by atoms with van der Waals surface area (Å²) in [7, 11) is 0. The van der Waals surface area contributed by atoms with Gasteiger partial charge in [-0.05, 0) is 12.1 Å². The van der Waals surface area contributed by atoms with Crippen LogP contribution in [0.4, 0.5) is 0 Å². The van der Waals surface area contributed by atoms with E-state index in [9.17, 15) is 0 Å². The molecule has 2 aromatic rings. The van der Waals surface area contributed by atoms with Crippen molar-refractivity contribution in [2.24, 2.45) is 0 Å². The minimum atomic E-state index is 0. The lowest BCUT2D eigenvalue weighted by molar-refractivity contribution is -0.676. The van der Waals surface area contributed by atoms with E-state index in [1.165, 1.54) is 10.9 Å². The molecule has 0 saturated heterocycles. The second kappa shape index (κ2) is 4.30. The molecule has 0 amide bonds. The van der Waals surface area contributed by atoms with Gasteiger partial charge in [-0.2, -0.15) is 0 Å². The maximum atomic E-state index is 7.13. The minimum absolute atomic E-state index is 0. The molecule has 4 nitrogen and oxygen atoms in total. The Morgan fingerprint density at radius 2 is 1.93 bits per heavy atom. The predicted octanol–water partition coefficient (Wildman–Crippen LogP) is 1.07. The quantitative estimate of drug-likeness (QED) is 0.747. The summed E-state index contributed by atoms with van der Waals surface area (Å²) >= 11 is 5.71. The molecule has 0 atom stereocenters. The Kier molecular flexibility index (Phi) is 3.33. The highest BCUT2D eigenvalue weighted by molar-refractivity contribution is 6.30. The van der Waals surface area contributed by atoms with Crippen LogP contribution in [0.2, 0.25) is 5.02 Å². The molecule has 0 fully saturated rings. The van der Waals surface area contributed by atoms with Gasteiger partial charge < -0.3 is 4.52 Å². The van der Waals surface area contributed by atoms with Crippen molar-refractivity contribution in [3.8, 4) is 5.69 Å². The highest BCUT2D eigenvalue weighted by Gasteiger charge is 2.00. The summed E-state index contributed by atoms with van der Waals surface area (Å²) in [5.74, 6) is 0. The van der Waals surface area contributed by atoms with Crippen molar-refractivity contribution in [3.63, 3.8) is 0 Å². The molecule has 2 rings (SSSR count). The Morgan fingerprint density at radius 3 is 2.43 bits per heavy atom. The summed E-state index contributed by atoms with van der Waals surface area (Å²) in [5.41, 5.74) is 0.835. The molecule has 1 N–H and O–H groups in total. The van der Waals surface area contributed by atoms with Crippen LogP contribution in [0.5, 0.6) is 0 Å². The van der Waals surface area contributed by atoms with Gasteiger partial charge in [-0.3, -0.25) is 10.7 Å². The van der Waals surface area contributed by atoms with Crippen molar-refractivity contribution in [2.45, 2.75) is 0 Å². The second-order valence-electron chi connectivity index (χ2n) is 2.49. The molecule has 0 unspecified atom stereocenters. The van der Waals surface area contributed by atoms with E-state index < -0.39 is 0 Å². The lowest BCUT2D eigenvalue weighted by atomic mass is 10.3. The van der Waals surface area contributed by atoms with Crippen molar-refractivity contribution in [1.29, 1.82) is 5.41 Å². The summed E-state index contributed by atoms with van der Waals surface area (Å²) in [6.07, 6.45) is 1.48. The first-order valence-corrected chi connectivity index (χ1v) is 4.00. The van der Waals surface area contributed by atoms with Gasteiger partial charge in [0.25, 0.3) is 5.55 Å². The van der Waals surface area contributed by atoms with Crippen LogP contribution in [0.1, 0.15) is 0 Å². The molecule has 0 saturated carbocycles. The van der Waals surface area contributed by atoms with Crippen LogP contribution >= 0.6 is 24.0 Å². The fourth-order valence-electron chi connectivity index (χ4n) is 0.962. The summed E-state index contributed by atoms with van der Waals surface area (Å²) in [6, 6.07) is 7.10. The lowest BCUT2D eigenvalue weighted by Crippen LogP contribution is -2.33. The van der Waals surface area contributed by atoms with Crippen molar-refractivity contribution in [1.82, 2.24) is 5.27 Å². The molecule has 0 bridgehead atoms. The third-order valence-corrected chi connectivity index (χ3v) is 1.81. The van der Waals surface area contributed by atoms with Crippen molar-refractivity contribution >= 4 is 24.0 Å². The fraction of sp³-hybridized carbons (Fsp3) is 0. The first kappa shape index (κ1) is 10.8. The van der Waals surface area contributed by atoms with Gasteiger partial charge in [-0.15, -0.1) is 12.4 Å². The number of rotatable bonds is 1. The van der Waals surface area contributed by atoms with E-state index in [0.29, 0.717) is 5.02 Å². The molecular weight excluding hydrogens is 225 g/mol. The topological polar surface area (TPSA) is 55.0 Å². The second-order valence-corrected chi connectivity index (χ2v) is 2.92. The summed E-state index contributed by atoms with van der Waals surface area (Å²) in [5, 5.41) is 11.4. The number of benzene rings is 1. The van der Waals surface area contributed by atoms with Gasteiger partial charge in [0.05, 0.1) is 0 Å². The summed E-state index contributed by atoms with van der Waals surface area (Å²) in [4.78, 5) is 0. The number of aromatic nitrogens is 2. The molecule has 0 radical (unpaired) electrons. The monoisotopic (exact) mass is 231 g/mol. The lowest BCUT2D eigenvalue weighted by Gasteiger charge is -1.95. The summed E-state index contributed by atoms with van der Waals surface area (Å²) in [6.45, 7) is 0. The first-order chi connectivity index (χ1) is 6.25. The molecule has 1 aromatic carbocycles. The zero-order chi connectivity index (χ0) is 9.26. The molecule has 14 heavy (non-hydrogen) atoms. The highest BCUT2D eigenvalue weighted by atomic mass is 35.5. The third kappa shape index (κ3) is 2.16. The minimum Gasteiger partial charge on any atom is -0.487 e. The number of nitrogens with one attached hydrogen (secondary N) is 1. The predicted molar refractivity (Wildman–Crippen MR) is 51.7 cm³/mol. The molecular formula is C8H7Cl2N3O. The van der Waals surface area contributed by atoms with Gasteiger partial charge in [0.2, 0.25) is 11.9 Å². The normalized spacial score (nSPS) is 9.50. The zero-order valence-corrected chi connectivity index (χ0v) is 8.55.